The molecule has 132 valence electrons. The molecule has 2 aromatic rings. The first-order valence-corrected chi connectivity index (χ1v) is 8.55. The highest BCUT2D eigenvalue weighted by atomic mass is 79.9. The second-order valence-corrected chi connectivity index (χ2v) is 6.33. The van der Waals surface area contributed by atoms with Gasteiger partial charge in [0.1, 0.15) is 5.82 Å². The average molecular weight is 408 g/mol. The van der Waals surface area contributed by atoms with Crippen LogP contribution in [-0.2, 0) is 11.3 Å². The Morgan fingerprint density at radius 2 is 1.76 bits per heavy atom. The molecule has 2 aromatic carbocycles. The molecule has 1 unspecified atom stereocenters. The van der Waals surface area contributed by atoms with Gasteiger partial charge in [0, 0.05) is 11.0 Å². The monoisotopic (exact) mass is 407 g/mol. The number of hydrogen-bond acceptors (Lipinski definition) is 2. The lowest BCUT2D eigenvalue weighted by atomic mass is 10.1. The van der Waals surface area contributed by atoms with E-state index in [2.05, 4.69) is 31.9 Å². The van der Waals surface area contributed by atoms with Gasteiger partial charge >= 0.3 is 6.03 Å². The van der Waals surface area contributed by atoms with Gasteiger partial charge in [0.2, 0.25) is 5.91 Å². The van der Waals surface area contributed by atoms with Crippen LogP contribution in [0.25, 0.3) is 0 Å². The van der Waals surface area contributed by atoms with Crippen LogP contribution in [0, 0.1) is 5.82 Å². The van der Waals surface area contributed by atoms with Gasteiger partial charge < -0.3 is 16.0 Å². The third kappa shape index (κ3) is 6.19. The van der Waals surface area contributed by atoms with Crippen LogP contribution in [0.3, 0.4) is 0 Å². The zero-order valence-electron chi connectivity index (χ0n) is 13.7. The molecule has 5 nitrogen and oxygen atoms in total. The standard InChI is InChI=1S/C18H19BrFN3O2/c1-12(15-4-2-3-5-16(15)19)23-17(24)11-22-18(25)21-10-13-6-8-14(20)9-7-13/h2-9,12H,10-11H2,1H3,(H,23,24)(H2,21,22,25). The van der Waals surface area contributed by atoms with Gasteiger partial charge in [-0.1, -0.05) is 46.3 Å². The number of carbonyl (C=O) groups excluding carboxylic acids is 2. The maximum absolute atomic E-state index is 12.8. The molecule has 0 fully saturated rings. The topological polar surface area (TPSA) is 70.2 Å². The van der Waals surface area contributed by atoms with E-state index in [0.717, 1.165) is 15.6 Å². The SMILES string of the molecule is CC(NC(=O)CNC(=O)NCc1ccc(F)cc1)c1ccccc1Br. The highest BCUT2D eigenvalue weighted by molar-refractivity contribution is 9.10. The summed E-state index contributed by atoms with van der Waals surface area (Å²) in [5.74, 6) is -0.621. The number of carbonyl (C=O) groups is 2. The lowest BCUT2D eigenvalue weighted by Crippen LogP contribution is -2.42. The van der Waals surface area contributed by atoms with Crippen molar-refractivity contribution in [1.82, 2.24) is 16.0 Å². The molecule has 7 heteroatoms. The van der Waals surface area contributed by atoms with E-state index in [-0.39, 0.29) is 30.9 Å². The molecular formula is C18H19BrFN3O2. The average Bonchev–Trinajstić information content (AvgIpc) is 2.59. The molecule has 0 bridgehead atoms. The smallest absolute Gasteiger partial charge is 0.315 e. The van der Waals surface area contributed by atoms with E-state index in [1.165, 1.54) is 12.1 Å². The fourth-order valence-corrected chi connectivity index (χ4v) is 2.83. The summed E-state index contributed by atoms with van der Waals surface area (Å²) in [4.78, 5) is 23.7. The number of amides is 3. The molecule has 0 aliphatic carbocycles. The summed E-state index contributed by atoms with van der Waals surface area (Å²) in [7, 11) is 0. The minimum Gasteiger partial charge on any atom is -0.348 e. The first-order chi connectivity index (χ1) is 12.0. The van der Waals surface area contributed by atoms with Crippen LogP contribution in [0.15, 0.2) is 53.0 Å². The van der Waals surface area contributed by atoms with E-state index in [9.17, 15) is 14.0 Å². The quantitative estimate of drug-likeness (QED) is 0.687. The molecule has 2 rings (SSSR count). The fourth-order valence-electron chi connectivity index (χ4n) is 2.20. The third-order valence-electron chi connectivity index (χ3n) is 3.53. The number of urea groups is 1. The first-order valence-electron chi connectivity index (χ1n) is 7.75. The maximum atomic E-state index is 12.8. The van der Waals surface area contributed by atoms with Crippen molar-refractivity contribution in [3.8, 4) is 0 Å². The van der Waals surface area contributed by atoms with Gasteiger partial charge in [-0.15, -0.1) is 0 Å². The van der Waals surface area contributed by atoms with E-state index >= 15 is 0 Å². The molecule has 0 spiro atoms. The van der Waals surface area contributed by atoms with Crippen molar-refractivity contribution < 1.29 is 14.0 Å². The van der Waals surface area contributed by atoms with Crippen LogP contribution in [0.2, 0.25) is 0 Å². The minimum atomic E-state index is -0.465. The Morgan fingerprint density at radius 1 is 1.08 bits per heavy atom. The molecule has 3 amide bonds. The van der Waals surface area contributed by atoms with E-state index in [1.807, 2.05) is 31.2 Å². The highest BCUT2D eigenvalue weighted by Crippen LogP contribution is 2.22. The number of rotatable bonds is 6. The second-order valence-electron chi connectivity index (χ2n) is 5.47. The Balaban J connectivity index is 1.73. The van der Waals surface area contributed by atoms with Crippen LogP contribution < -0.4 is 16.0 Å². The van der Waals surface area contributed by atoms with Gasteiger partial charge in [-0.3, -0.25) is 4.79 Å². The van der Waals surface area contributed by atoms with E-state index in [0.29, 0.717) is 0 Å². The van der Waals surface area contributed by atoms with Gasteiger partial charge in [-0.25, -0.2) is 9.18 Å². The summed E-state index contributed by atoms with van der Waals surface area (Å²) >= 11 is 3.44. The van der Waals surface area contributed by atoms with Crippen molar-refractivity contribution in [2.45, 2.75) is 19.5 Å². The summed E-state index contributed by atoms with van der Waals surface area (Å²) in [6.45, 7) is 1.98. The molecule has 0 radical (unpaired) electrons. The molecule has 0 saturated carbocycles. The van der Waals surface area contributed by atoms with Crippen molar-refractivity contribution in [1.29, 1.82) is 0 Å². The number of halogens is 2. The summed E-state index contributed by atoms with van der Waals surface area (Å²) in [5, 5.41) is 7.91. The Morgan fingerprint density at radius 3 is 2.44 bits per heavy atom. The van der Waals surface area contributed by atoms with Gasteiger partial charge in [0.05, 0.1) is 12.6 Å². The molecule has 3 N–H and O–H groups in total. The normalized spacial score (nSPS) is 11.5. The van der Waals surface area contributed by atoms with Gasteiger partial charge in [0.25, 0.3) is 0 Å². The summed E-state index contributed by atoms with van der Waals surface area (Å²) in [6.07, 6.45) is 0. The number of hydrogen-bond donors (Lipinski definition) is 3. The molecule has 0 aliphatic heterocycles. The number of nitrogens with one attached hydrogen (secondary N) is 3. The van der Waals surface area contributed by atoms with Crippen molar-refractivity contribution in [2.24, 2.45) is 0 Å². The molecule has 0 heterocycles. The predicted octanol–water partition coefficient (Wildman–Crippen LogP) is 3.26. The van der Waals surface area contributed by atoms with Crippen molar-refractivity contribution in [3.63, 3.8) is 0 Å². The maximum Gasteiger partial charge on any atom is 0.315 e. The molecule has 0 aliphatic rings. The zero-order chi connectivity index (χ0) is 18.2. The first kappa shape index (κ1) is 18.9. The molecule has 0 aromatic heterocycles. The van der Waals surface area contributed by atoms with Crippen LogP contribution in [0.5, 0.6) is 0 Å². The summed E-state index contributed by atoms with van der Waals surface area (Å²) in [5.41, 5.74) is 1.72. The molecule has 1 atom stereocenters. The minimum absolute atomic E-state index is 0.135. The molecular weight excluding hydrogens is 389 g/mol. The predicted molar refractivity (Wildman–Crippen MR) is 97.3 cm³/mol. The Kier molecular flexibility index (Phi) is 6.94. The van der Waals surface area contributed by atoms with Crippen LogP contribution in [-0.4, -0.2) is 18.5 Å². The molecule has 25 heavy (non-hydrogen) atoms. The van der Waals surface area contributed by atoms with E-state index < -0.39 is 6.03 Å². The lowest BCUT2D eigenvalue weighted by Gasteiger charge is -2.16. The molecule has 0 saturated heterocycles. The van der Waals surface area contributed by atoms with Crippen molar-refractivity contribution in [2.75, 3.05) is 6.54 Å². The Bertz CT molecular complexity index is 737. The second kappa shape index (κ2) is 9.17. The van der Waals surface area contributed by atoms with E-state index in [4.69, 9.17) is 0 Å². The largest absolute Gasteiger partial charge is 0.348 e. The highest BCUT2D eigenvalue weighted by Gasteiger charge is 2.12. The zero-order valence-corrected chi connectivity index (χ0v) is 15.3. The van der Waals surface area contributed by atoms with Crippen molar-refractivity contribution >= 4 is 27.9 Å². The van der Waals surface area contributed by atoms with E-state index in [1.54, 1.807) is 12.1 Å². The van der Waals surface area contributed by atoms with Crippen LogP contribution >= 0.6 is 15.9 Å². The Hall–Kier alpha value is -2.41. The van der Waals surface area contributed by atoms with Crippen LogP contribution in [0.4, 0.5) is 9.18 Å². The summed E-state index contributed by atoms with van der Waals surface area (Å²) < 4.78 is 13.7. The van der Waals surface area contributed by atoms with Gasteiger partial charge in [0.15, 0.2) is 0 Å². The van der Waals surface area contributed by atoms with Crippen molar-refractivity contribution in [3.05, 3.63) is 69.9 Å². The number of benzene rings is 2. The van der Waals surface area contributed by atoms with Gasteiger partial charge in [-0.05, 0) is 36.2 Å². The summed E-state index contributed by atoms with van der Waals surface area (Å²) in [6, 6.07) is 12.8. The third-order valence-corrected chi connectivity index (χ3v) is 4.25. The lowest BCUT2D eigenvalue weighted by molar-refractivity contribution is -0.120. The Labute approximate surface area is 154 Å². The van der Waals surface area contributed by atoms with Gasteiger partial charge in [-0.2, -0.15) is 0 Å². The van der Waals surface area contributed by atoms with Crippen LogP contribution in [0.1, 0.15) is 24.1 Å². The fraction of sp³-hybridized carbons (Fsp3) is 0.222.